The van der Waals surface area contributed by atoms with Crippen molar-refractivity contribution in [1.29, 1.82) is 5.41 Å². The molecule has 1 rings (SSSR count). The van der Waals surface area contributed by atoms with Crippen molar-refractivity contribution in [3.8, 4) is 0 Å². The van der Waals surface area contributed by atoms with Crippen LogP contribution in [0.5, 0.6) is 0 Å². The van der Waals surface area contributed by atoms with Gasteiger partial charge in [-0.25, -0.2) is 0 Å². The zero-order valence-electron chi connectivity index (χ0n) is 7.58. The molecule has 4 heteroatoms. The Morgan fingerprint density at radius 1 is 1.69 bits per heavy atom. The Hall–Kier alpha value is -1.03. The minimum Gasteiger partial charge on any atom is -0.382 e. The van der Waals surface area contributed by atoms with Gasteiger partial charge in [0.15, 0.2) is 0 Å². The van der Waals surface area contributed by atoms with E-state index in [4.69, 9.17) is 11.1 Å². The molecule has 3 nitrogen and oxygen atoms in total. The van der Waals surface area contributed by atoms with Gasteiger partial charge >= 0.3 is 0 Å². The molecule has 0 fully saturated rings. The summed E-state index contributed by atoms with van der Waals surface area (Å²) in [7, 11) is 0. The number of aromatic nitrogens is 1. The molecule has 0 bridgehead atoms. The average molecular weight is 195 g/mol. The minimum atomic E-state index is 0.0409. The molecule has 0 aliphatic rings. The van der Waals surface area contributed by atoms with Crippen molar-refractivity contribution in [2.24, 2.45) is 5.73 Å². The lowest BCUT2D eigenvalue weighted by Crippen LogP contribution is -2.14. The quantitative estimate of drug-likeness (QED) is 0.438. The molecule has 0 aliphatic carbocycles. The molecule has 0 amide bonds. The van der Waals surface area contributed by atoms with E-state index in [2.05, 4.69) is 11.9 Å². The maximum Gasteiger partial charge on any atom is 0.142 e. The summed E-state index contributed by atoms with van der Waals surface area (Å²) in [4.78, 5) is 5.06. The van der Waals surface area contributed by atoms with Crippen LogP contribution in [-0.4, -0.2) is 16.6 Å². The first-order chi connectivity index (χ1) is 6.25. The van der Waals surface area contributed by atoms with Crippen molar-refractivity contribution in [2.75, 3.05) is 5.75 Å². The van der Waals surface area contributed by atoms with Crippen LogP contribution in [-0.2, 0) is 0 Å². The van der Waals surface area contributed by atoms with Gasteiger partial charge in [0.05, 0.1) is 0 Å². The van der Waals surface area contributed by atoms with Crippen molar-refractivity contribution in [3.63, 3.8) is 0 Å². The number of nitrogen functional groups attached to an aromatic ring is 1. The van der Waals surface area contributed by atoms with Gasteiger partial charge in [-0.3, -0.25) is 10.4 Å². The van der Waals surface area contributed by atoms with Crippen LogP contribution in [0, 0.1) is 5.41 Å². The third kappa shape index (κ3) is 2.73. The van der Waals surface area contributed by atoms with Gasteiger partial charge in [-0.15, -0.1) is 11.8 Å². The molecule has 0 aliphatic heterocycles. The van der Waals surface area contributed by atoms with Crippen molar-refractivity contribution in [2.45, 2.75) is 18.2 Å². The molecule has 0 aromatic carbocycles. The van der Waals surface area contributed by atoms with E-state index >= 15 is 0 Å². The Labute approximate surface area is 82.3 Å². The van der Waals surface area contributed by atoms with Gasteiger partial charge in [-0.1, -0.05) is 6.92 Å². The highest BCUT2D eigenvalue weighted by molar-refractivity contribution is 7.99. The third-order valence-electron chi connectivity index (χ3n) is 1.49. The lowest BCUT2D eigenvalue weighted by Gasteiger charge is -2.04. The number of pyridine rings is 1. The number of hydrogen-bond donors (Lipinski definition) is 2. The van der Waals surface area contributed by atoms with Gasteiger partial charge in [-0.05, 0) is 24.3 Å². The van der Waals surface area contributed by atoms with Crippen molar-refractivity contribution in [1.82, 2.24) is 4.98 Å². The van der Waals surface area contributed by atoms with Gasteiger partial charge in [0.2, 0.25) is 0 Å². The largest absolute Gasteiger partial charge is 0.382 e. The fourth-order valence-electron chi connectivity index (χ4n) is 0.921. The van der Waals surface area contributed by atoms with E-state index in [0.717, 1.165) is 17.1 Å². The molecule has 70 valence electrons. The molecule has 0 atom stereocenters. The fourth-order valence-corrected chi connectivity index (χ4v) is 1.82. The number of nitrogens with zero attached hydrogens (tertiary/aromatic N) is 1. The van der Waals surface area contributed by atoms with E-state index in [0.29, 0.717) is 5.69 Å². The van der Waals surface area contributed by atoms with Crippen LogP contribution < -0.4 is 5.73 Å². The van der Waals surface area contributed by atoms with Gasteiger partial charge in [0, 0.05) is 11.1 Å². The van der Waals surface area contributed by atoms with Crippen molar-refractivity contribution in [3.05, 3.63) is 24.0 Å². The van der Waals surface area contributed by atoms with Crippen molar-refractivity contribution >= 4 is 17.6 Å². The van der Waals surface area contributed by atoms with E-state index in [1.807, 2.05) is 12.1 Å². The molecular weight excluding hydrogens is 182 g/mol. The predicted molar refractivity (Wildman–Crippen MR) is 56.3 cm³/mol. The Morgan fingerprint density at radius 2 is 2.46 bits per heavy atom. The summed E-state index contributed by atoms with van der Waals surface area (Å²) in [6, 6.07) is 3.81. The van der Waals surface area contributed by atoms with Crippen LogP contribution in [0.2, 0.25) is 0 Å². The third-order valence-corrected chi connectivity index (χ3v) is 2.74. The molecule has 0 spiro atoms. The van der Waals surface area contributed by atoms with Crippen LogP contribution in [0.25, 0.3) is 0 Å². The molecule has 1 heterocycles. The minimum absolute atomic E-state index is 0.0409. The van der Waals surface area contributed by atoms with Crippen LogP contribution in [0.15, 0.2) is 23.2 Å². The van der Waals surface area contributed by atoms with Crippen molar-refractivity contribution < 1.29 is 0 Å². The van der Waals surface area contributed by atoms with Gasteiger partial charge in [0.1, 0.15) is 11.5 Å². The molecule has 0 saturated carbocycles. The van der Waals surface area contributed by atoms with E-state index in [-0.39, 0.29) is 5.84 Å². The molecule has 0 unspecified atom stereocenters. The zero-order chi connectivity index (χ0) is 9.68. The Bertz CT molecular complexity index is 299. The highest BCUT2D eigenvalue weighted by Crippen LogP contribution is 2.20. The summed E-state index contributed by atoms with van der Waals surface area (Å²) in [5, 5.41) is 7.31. The number of thioether (sulfide) groups is 1. The smallest absolute Gasteiger partial charge is 0.142 e. The maximum atomic E-state index is 7.31. The zero-order valence-corrected chi connectivity index (χ0v) is 8.40. The molecule has 0 saturated heterocycles. The monoisotopic (exact) mass is 195 g/mol. The van der Waals surface area contributed by atoms with Crippen LogP contribution >= 0.6 is 11.8 Å². The molecule has 0 radical (unpaired) electrons. The summed E-state index contributed by atoms with van der Waals surface area (Å²) in [5.74, 6) is 1.07. The Kier molecular flexibility index (Phi) is 3.76. The summed E-state index contributed by atoms with van der Waals surface area (Å²) >= 11 is 1.69. The molecular formula is C9H13N3S. The Morgan fingerprint density at radius 3 is 3.08 bits per heavy atom. The second-order valence-electron chi connectivity index (χ2n) is 2.61. The molecule has 1 aromatic rings. The normalized spacial score (nSPS) is 9.92. The second-order valence-corrected chi connectivity index (χ2v) is 3.75. The summed E-state index contributed by atoms with van der Waals surface area (Å²) in [6.45, 7) is 2.12. The Balaban J connectivity index is 2.84. The molecule has 3 N–H and O–H groups in total. The first-order valence-electron chi connectivity index (χ1n) is 4.18. The molecule has 1 aromatic heterocycles. The standard InChI is InChI=1S/C9H13N3S/c1-2-6-13-7-4-3-5-12-8(7)9(10)11/h3-5H,2,6H2,1H3,(H3,10,11). The second kappa shape index (κ2) is 4.87. The number of amidine groups is 1. The SMILES string of the molecule is CCCSc1cccnc1C(=N)N. The van der Waals surface area contributed by atoms with E-state index in [1.54, 1.807) is 18.0 Å². The predicted octanol–water partition coefficient (Wildman–Crippen LogP) is 1.87. The average Bonchev–Trinajstić information content (AvgIpc) is 2.15. The lowest BCUT2D eigenvalue weighted by atomic mass is 10.3. The number of rotatable bonds is 4. The van der Waals surface area contributed by atoms with Gasteiger partial charge in [0.25, 0.3) is 0 Å². The van der Waals surface area contributed by atoms with E-state index in [1.165, 1.54) is 0 Å². The van der Waals surface area contributed by atoms with Crippen LogP contribution in [0.4, 0.5) is 0 Å². The maximum absolute atomic E-state index is 7.31. The summed E-state index contributed by atoms with van der Waals surface area (Å²) < 4.78 is 0. The van der Waals surface area contributed by atoms with Crippen LogP contribution in [0.3, 0.4) is 0 Å². The number of nitrogens with two attached hydrogens (primary N) is 1. The van der Waals surface area contributed by atoms with E-state index < -0.39 is 0 Å². The first kappa shape index (κ1) is 10.1. The number of hydrogen-bond acceptors (Lipinski definition) is 3. The molecule has 13 heavy (non-hydrogen) atoms. The fraction of sp³-hybridized carbons (Fsp3) is 0.333. The summed E-state index contributed by atoms with van der Waals surface area (Å²) in [5.41, 5.74) is 5.99. The van der Waals surface area contributed by atoms with Gasteiger partial charge < -0.3 is 5.73 Å². The van der Waals surface area contributed by atoms with Crippen LogP contribution in [0.1, 0.15) is 19.0 Å². The van der Waals surface area contributed by atoms with Gasteiger partial charge in [-0.2, -0.15) is 0 Å². The summed E-state index contributed by atoms with van der Waals surface area (Å²) in [6.07, 6.45) is 2.77. The highest BCUT2D eigenvalue weighted by atomic mass is 32.2. The topological polar surface area (TPSA) is 62.8 Å². The highest BCUT2D eigenvalue weighted by Gasteiger charge is 2.05. The lowest BCUT2D eigenvalue weighted by molar-refractivity contribution is 1.10. The van der Waals surface area contributed by atoms with E-state index in [9.17, 15) is 0 Å². The number of nitrogens with one attached hydrogen (secondary N) is 1. The first-order valence-corrected chi connectivity index (χ1v) is 5.16.